The van der Waals surface area contributed by atoms with Gasteiger partial charge in [-0.25, -0.2) is 5.43 Å². The minimum Gasteiger partial charge on any atom is -0.468 e. The lowest BCUT2D eigenvalue weighted by atomic mass is 10.0. The summed E-state index contributed by atoms with van der Waals surface area (Å²) >= 11 is 0. The van der Waals surface area contributed by atoms with Crippen molar-refractivity contribution < 1.29 is 19.1 Å². The zero-order chi connectivity index (χ0) is 14.8. The van der Waals surface area contributed by atoms with E-state index in [1.54, 1.807) is 0 Å². The number of hydrogen-bond acceptors (Lipinski definition) is 5. The Morgan fingerprint density at radius 1 is 1.21 bits per heavy atom. The molecule has 110 valence electrons. The minimum atomic E-state index is -0.717. The first kappa shape index (κ1) is 17.6. The van der Waals surface area contributed by atoms with Crippen molar-refractivity contribution in [2.45, 2.75) is 52.5 Å². The molecule has 0 aromatic carbocycles. The molecule has 0 aliphatic heterocycles. The number of carbonyl (C=O) groups excluding carboxylic acids is 3. The van der Waals surface area contributed by atoms with Crippen molar-refractivity contribution in [3.8, 4) is 0 Å². The van der Waals surface area contributed by atoms with E-state index in [1.165, 1.54) is 7.11 Å². The van der Waals surface area contributed by atoms with Crippen LogP contribution in [0.1, 0.15) is 46.5 Å². The van der Waals surface area contributed by atoms with Crippen LogP contribution in [0.25, 0.3) is 0 Å². The summed E-state index contributed by atoms with van der Waals surface area (Å²) in [6.07, 6.45) is 2.26. The molecule has 0 aromatic rings. The molecule has 0 aliphatic rings. The molecule has 0 saturated carbocycles. The van der Waals surface area contributed by atoms with Crippen molar-refractivity contribution in [2.75, 3.05) is 7.11 Å². The van der Waals surface area contributed by atoms with Gasteiger partial charge in [0.2, 0.25) is 5.78 Å². The Hall–Kier alpha value is -1.43. The van der Waals surface area contributed by atoms with Crippen molar-refractivity contribution in [1.82, 2.24) is 10.9 Å². The van der Waals surface area contributed by atoms with E-state index in [2.05, 4.69) is 15.6 Å². The molecule has 0 aliphatic carbocycles. The number of esters is 1. The Morgan fingerprint density at radius 2 is 1.84 bits per heavy atom. The van der Waals surface area contributed by atoms with E-state index in [4.69, 9.17) is 0 Å². The van der Waals surface area contributed by atoms with Gasteiger partial charge in [-0.1, -0.05) is 27.2 Å². The zero-order valence-corrected chi connectivity index (χ0v) is 12.1. The molecule has 19 heavy (non-hydrogen) atoms. The fourth-order valence-electron chi connectivity index (χ4n) is 1.50. The first-order chi connectivity index (χ1) is 8.92. The van der Waals surface area contributed by atoms with E-state index in [1.807, 2.05) is 20.8 Å². The lowest BCUT2D eigenvalue weighted by Crippen LogP contribution is -2.51. The molecule has 0 heterocycles. The Morgan fingerprint density at radius 3 is 2.32 bits per heavy atom. The second-order valence-electron chi connectivity index (χ2n) is 4.83. The summed E-state index contributed by atoms with van der Waals surface area (Å²) in [5.74, 6) is -1.41. The molecule has 0 spiro atoms. The SMILES string of the molecule is CCCCC(=O)C(=O)NN[C@@H](CC(C)C)C(=O)OC. The lowest BCUT2D eigenvalue weighted by Gasteiger charge is -2.18. The summed E-state index contributed by atoms with van der Waals surface area (Å²) in [6, 6.07) is -0.645. The smallest absolute Gasteiger partial charge is 0.324 e. The first-order valence-corrected chi connectivity index (χ1v) is 6.58. The molecule has 1 atom stereocenters. The Bertz CT molecular complexity index is 316. The van der Waals surface area contributed by atoms with E-state index in [0.717, 1.165) is 6.42 Å². The van der Waals surface area contributed by atoms with Crippen LogP contribution in [0.5, 0.6) is 0 Å². The van der Waals surface area contributed by atoms with Crippen molar-refractivity contribution in [1.29, 1.82) is 0 Å². The quantitative estimate of drug-likeness (QED) is 0.371. The van der Waals surface area contributed by atoms with E-state index in [9.17, 15) is 14.4 Å². The van der Waals surface area contributed by atoms with E-state index in [-0.39, 0.29) is 12.3 Å². The van der Waals surface area contributed by atoms with Gasteiger partial charge in [-0.3, -0.25) is 19.8 Å². The number of rotatable bonds is 9. The predicted molar refractivity (Wildman–Crippen MR) is 71.1 cm³/mol. The highest BCUT2D eigenvalue weighted by molar-refractivity contribution is 6.36. The topological polar surface area (TPSA) is 84.5 Å². The van der Waals surface area contributed by atoms with Crippen LogP contribution >= 0.6 is 0 Å². The van der Waals surface area contributed by atoms with Gasteiger partial charge in [0.15, 0.2) is 0 Å². The Balaban J connectivity index is 4.26. The van der Waals surface area contributed by atoms with Crippen LogP contribution in [0.3, 0.4) is 0 Å². The molecule has 0 saturated heterocycles. The summed E-state index contributed by atoms with van der Waals surface area (Å²) in [4.78, 5) is 34.4. The summed E-state index contributed by atoms with van der Waals surface area (Å²) in [7, 11) is 1.28. The molecule has 0 bridgehead atoms. The third kappa shape index (κ3) is 7.56. The van der Waals surface area contributed by atoms with E-state index in [0.29, 0.717) is 12.8 Å². The number of ketones is 1. The van der Waals surface area contributed by atoms with Gasteiger partial charge in [-0.15, -0.1) is 0 Å². The van der Waals surface area contributed by atoms with Gasteiger partial charge < -0.3 is 4.74 Å². The number of amides is 1. The van der Waals surface area contributed by atoms with Gasteiger partial charge in [0.05, 0.1) is 7.11 Å². The number of Topliss-reactive ketones (excluding diaryl/α,β-unsaturated/α-hetero) is 1. The van der Waals surface area contributed by atoms with Gasteiger partial charge in [0, 0.05) is 6.42 Å². The van der Waals surface area contributed by atoms with Crippen molar-refractivity contribution in [3.05, 3.63) is 0 Å². The molecule has 2 N–H and O–H groups in total. The molecule has 6 nitrogen and oxygen atoms in total. The molecule has 0 rings (SSSR count). The number of ether oxygens (including phenoxy) is 1. The molecule has 0 unspecified atom stereocenters. The standard InChI is InChI=1S/C13H24N2O4/c1-5-6-7-11(16)12(17)15-14-10(8-9(2)3)13(18)19-4/h9-10,14H,5-8H2,1-4H3,(H,15,17)/t10-/m0/s1. The molecule has 1 amide bonds. The van der Waals surface area contributed by atoms with Gasteiger partial charge in [0.25, 0.3) is 0 Å². The van der Waals surface area contributed by atoms with E-state index >= 15 is 0 Å². The summed E-state index contributed by atoms with van der Waals surface area (Å²) in [5.41, 5.74) is 4.84. The Labute approximate surface area is 114 Å². The third-order valence-corrected chi connectivity index (χ3v) is 2.56. The van der Waals surface area contributed by atoms with Crippen LogP contribution in [0, 0.1) is 5.92 Å². The van der Waals surface area contributed by atoms with Gasteiger partial charge in [-0.2, -0.15) is 0 Å². The highest BCUT2D eigenvalue weighted by atomic mass is 16.5. The van der Waals surface area contributed by atoms with Crippen LogP contribution in [-0.4, -0.2) is 30.8 Å². The fourth-order valence-corrected chi connectivity index (χ4v) is 1.50. The second-order valence-corrected chi connectivity index (χ2v) is 4.83. The van der Waals surface area contributed by atoms with Crippen LogP contribution < -0.4 is 10.9 Å². The third-order valence-electron chi connectivity index (χ3n) is 2.56. The van der Waals surface area contributed by atoms with Crippen molar-refractivity contribution in [3.63, 3.8) is 0 Å². The number of unbranched alkanes of at least 4 members (excludes halogenated alkanes) is 1. The second kappa shape index (κ2) is 9.49. The molecule has 0 radical (unpaired) electrons. The van der Waals surface area contributed by atoms with Crippen LogP contribution in [-0.2, 0) is 19.1 Å². The van der Waals surface area contributed by atoms with Crippen LogP contribution in [0.4, 0.5) is 0 Å². The molecular weight excluding hydrogens is 248 g/mol. The number of hydrogen-bond donors (Lipinski definition) is 2. The van der Waals surface area contributed by atoms with Crippen LogP contribution in [0.15, 0.2) is 0 Å². The van der Waals surface area contributed by atoms with Crippen molar-refractivity contribution in [2.24, 2.45) is 5.92 Å². The summed E-state index contributed by atoms with van der Waals surface area (Å²) < 4.78 is 4.63. The fraction of sp³-hybridized carbons (Fsp3) is 0.769. The molecule has 0 aromatic heterocycles. The lowest BCUT2D eigenvalue weighted by molar-refractivity contribution is -0.145. The molecule has 0 fully saturated rings. The summed E-state index contributed by atoms with van der Waals surface area (Å²) in [6.45, 7) is 5.84. The number of carbonyl (C=O) groups is 3. The largest absolute Gasteiger partial charge is 0.468 e. The maximum Gasteiger partial charge on any atom is 0.324 e. The first-order valence-electron chi connectivity index (χ1n) is 6.58. The van der Waals surface area contributed by atoms with Gasteiger partial charge in [0.1, 0.15) is 6.04 Å². The predicted octanol–water partition coefficient (Wildman–Crippen LogP) is 0.954. The Kier molecular flexibility index (Phi) is 8.78. The highest BCUT2D eigenvalue weighted by Crippen LogP contribution is 2.05. The van der Waals surface area contributed by atoms with Crippen LogP contribution in [0.2, 0.25) is 0 Å². The number of nitrogens with one attached hydrogen (secondary N) is 2. The highest BCUT2D eigenvalue weighted by Gasteiger charge is 2.22. The molecule has 6 heteroatoms. The number of methoxy groups -OCH3 is 1. The average molecular weight is 272 g/mol. The average Bonchev–Trinajstić information content (AvgIpc) is 2.38. The van der Waals surface area contributed by atoms with Gasteiger partial charge >= 0.3 is 11.9 Å². The van der Waals surface area contributed by atoms with E-state index < -0.39 is 23.7 Å². The summed E-state index contributed by atoms with van der Waals surface area (Å²) in [5, 5.41) is 0. The van der Waals surface area contributed by atoms with Gasteiger partial charge in [-0.05, 0) is 18.8 Å². The minimum absolute atomic E-state index is 0.219. The molecular formula is C13H24N2O4. The maximum absolute atomic E-state index is 11.5. The maximum atomic E-state index is 11.5. The normalized spacial score (nSPS) is 12.1. The number of hydrazine groups is 1. The monoisotopic (exact) mass is 272 g/mol. The zero-order valence-electron chi connectivity index (χ0n) is 12.1. The van der Waals surface area contributed by atoms with Crippen molar-refractivity contribution >= 4 is 17.7 Å².